The first-order valence-corrected chi connectivity index (χ1v) is 12.4. The average molecular weight is 470 g/mol. The molecule has 182 valence electrons. The Bertz CT molecular complexity index is 1160. The molecule has 0 amide bonds. The molecule has 1 heterocycles. The molecule has 5 heteroatoms. The first kappa shape index (κ1) is 24.7. The van der Waals surface area contributed by atoms with E-state index >= 15 is 0 Å². The monoisotopic (exact) mass is 469 g/mol. The summed E-state index contributed by atoms with van der Waals surface area (Å²) in [5.74, 6) is 1.48. The Morgan fingerprint density at radius 1 is 0.886 bits per heavy atom. The quantitative estimate of drug-likeness (QED) is 0.256. The number of para-hydroxylation sites is 2. The van der Waals surface area contributed by atoms with Gasteiger partial charge in [0.1, 0.15) is 5.75 Å². The van der Waals surface area contributed by atoms with Gasteiger partial charge in [-0.2, -0.15) is 5.10 Å². The van der Waals surface area contributed by atoms with Crippen LogP contribution in [0.2, 0.25) is 0 Å². The van der Waals surface area contributed by atoms with Crippen LogP contribution in [0.3, 0.4) is 0 Å². The summed E-state index contributed by atoms with van der Waals surface area (Å²) in [6, 6.07) is 30.3. The van der Waals surface area contributed by atoms with Gasteiger partial charge in [0.25, 0.3) is 0 Å². The van der Waals surface area contributed by atoms with Gasteiger partial charge in [-0.25, -0.2) is 4.68 Å². The van der Waals surface area contributed by atoms with Crippen molar-refractivity contribution < 1.29 is 9.84 Å². The molecule has 3 aromatic carbocycles. The number of hydrogen-bond donors (Lipinski definition) is 1. The molecular weight excluding hydrogens is 434 g/mol. The van der Waals surface area contributed by atoms with Crippen molar-refractivity contribution in [1.82, 2.24) is 14.7 Å². The summed E-state index contributed by atoms with van der Waals surface area (Å²) in [7, 11) is 0. The molecule has 0 unspecified atom stereocenters. The number of aliphatic hydroxyl groups excluding tert-OH is 1. The van der Waals surface area contributed by atoms with Crippen LogP contribution >= 0.6 is 0 Å². The zero-order valence-electron chi connectivity index (χ0n) is 20.7. The Kier molecular flexibility index (Phi) is 8.71. The normalized spacial score (nSPS) is 12.1. The van der Waals surface area contributed by atoms with Crippen molar-refractivity contribution in [3.63, 3.8) is 0 Å². The molecule has 1 atom stereocenters. The molecule has 0 aliphatic carbocycles. The van der Waals surface area contributed by atoms with Gasteiger partial charge in [0.15, 0.2) is 0 Å². The van der Waals surface area contributed by atoms with Crippen LogP contribution in [0.5, 0.6) is 11.6 Å². The molecule has 0 fully saturated rings. The summed E-state index contributed by atoms with van der Waals surface area (Å²) < 4.78 is 8.33. The van der Waals surface area contributed by atoms with Crippen molar-refractivity contribution in [2.75, 3.05) is 6.54 Å². The topological polar surface area (TPSA) is 50.5 Å². The van der Waals surface area contributed by atoms with E-state index in [1.807, 2.05) is 78.3 Å². The first-order valence-electron chi connectivity index (χ1n) is 12.4. The van der Waals surface area contributed by atoms with E-state index in [9.17, 15) is 5.11 Å². The molecule has 1 aromatic heterocycles. The van der Waals surface area contributed by atoms with Gasteiger partial charge in [-0.15, -0.1) is 0 Å². The van der Waals surface area contributed by atoms with Crippen LogP contribution in [0.15, 0.2) is 91.0 Å². The van der Waals surface area contributed by atoms with E-state index < -0.39 is 0 Å². The van der Waals surface area contributed by atoms with Crippen molar-refractivity contribution in [2.24, 2.45) is 0 Å². The van der Waals surface area contributed by atoms with Gasteiger partial charge in [-0.1, -0.05) is 86.5 Å². The average Bonchev–Trinajstić information content (AvgIpc) is 3.19. The second-order valence-corrected chi connectivity index (χ2v) is 8.98. The SMILES string of the molecule is CCCC[C@H](O)CN(Cc1ccccc1)Cc1c(C)nn(-c2ccccc2)c1Oc1ccccc1. The summed E-state index contributed by atoms with van der Waals surface area (Å²) in [5, 5.41) is 15.6. The lowest BCUT2D eigenvalue weighted by Gasteiger charge is -2.25. The minimum atomic E-state index is -0.373. The Balaban J connectivity index is 1.68. The maximum atomic E-state index is 10.8. The van der Waals surface area contributed by atoms with E-state index in [0.29, 0.717) is 19.0 Å². The van der Waals surface area contributed by atoms with E-state index in [-0.39, 0.29) is 6.10 Å². The highest BCUT2D eigenvalue weighted by molar-refractivity contribution is 5.43. The third kappa shape index (κ3) is 6.81. The molecule has 0 radical (unpaired) electrons. The number of aliphatic hydroxyl groups is 1. The number of hydrogen-bond acceptors (Lipinski definition) is 4. The van der Waals surface area contributed by atoms with Crippen molar-refractivity contribution in [2.45, 2.75) is 52.3 Å². The van der Waals surface area contributed by atoms with Crippen LogP contribution < -0.4 is 4.74 Å². The minimum Gasteiger partial charge on any atom is -0.439 e. The smallest absolute Gasteiger partial charge is 0.227 e. The van der Waals surface area contributed by atoms with E-state index in [1.165, 1.54) is 5.56 Å². The highest BCUT2D eigenvalue weighted by Crippen LogP contribution is 2.32. The Morgan fingerprint density at radius 2 is 1.51 bits per heavy atom. The predicted octanol–water partition coefficient (Wildman–Crippen LogP) is 6.53. The number of aromatic nitrogens is 2. The molecule has 0 saturated carbocycles. The van der Waals surface area contributed by atoms with Gasteiger partial charge in [0.05, 0.1) is 23.0 Å². The molecule has 35 heavy (non-hydrogen) atoms. The van der Waals surface area contributed by atoms with Gasteiger partial charge in [0.2, 0.25) is 5.88 Å². The van der Waals surface area contributed by atoms with Gasteiger partial charge in [0, 0.05) is 19.6 Å². The fraction of sp³-hybridized carbons (Fsp3) is 0.300. The van der Waals surface area contributed by atoms with Crippen molar-refractivity contribution in [3.05, 3.63) is 108 Å². The maximum absolute atomic E-state index is 10.8. The number of benzene rings is 3. The molecule has 4 aromatic rings. The summed E-state index contributed by atoms with van der Waals surface area (Å²) in [6.07, 6.45) is 2.53. The number of aryl methyl sites for hydroxylation is 1. The van der Waals surface area contributed by atoms with Crippen LogP contribution in [-0.4, -0.2) is 32.4 Å². The summed E-state index contributed by atoms with van der Waals surface area (Å²) in [4.78, 5) is 2.30. The molecule has 5 nitrogen and oxygen atoms in total. The predicted molar refractivity (Wildman–Crippen MR) is 141 cm³/mol. The minimum absolute atomic E-state index is 0.373. The number of ether oxygens (including phenoxy) is 1. The summed E-state index contributed by atoms with van der Waals surface area (Å²) in [6.45, 7) is 6.14. The fourth-order valence-corrected chi connectivity index (χ4v) is 4.25. The van der Waals surface area contributed by atoms with Crippen molar-refractivity contribution in [3.8, 4) is 17.3 Å². The standard InChI is InChI=1S/C30H35N3O2/c1-3-4-18-27(34)22-32(21-25-14-8-5-9-15-25)23-29-24(2)31-33(26-16-10-6-11-17-26)30(29)35-28-19-12-7-13-20-28/h5-17,19-20,27,34H,3-4,18,21-23H2,1-2H3/t27-/m0/s1. The zero-order valence-corrected chi connectivity index (χ0v) is 20.7. The van der Waals surface area contributed by atoms with Crippen LogP contribution in [-0.2, 0) is 13.1 Å². The van der Waals surface area contributed by atoms with E-state index in [4.69, 9.17) is 9.84 Å². The number of rotatable bonds is 12. The van der Waals surface area contributed by atoms with Crippen LogP contribution in [0.25, 0.3) is 5.69 Å². The summed E-state index contributed by atoms with van der Waals surface area (Å²) in [5.41, 5.74) is 4.11. The third-order valence-electron chi connectivity index (χ3n) is 6.09. The van der Waals surface area contributed by atoms with Gasteiger partial charge >= 0.3 is 0 Å². The van der Waals surface area contributed by atoms with Crippen molar-refractivity contribution in [1.29, 1.82) is 0 Å². The molecule has 4 rings (SSSR count). The van der Waals surface area contributed by atoms with Crippen LogP contribution in [0.4, 0.5) is 0 Å². The molecular formula is C30H35N3O2. The maximum Gasteiger partial charge on any atom is 0.227 e. The lowest BCUT2D eigenvalue weighted by atomic mass is 10.1. The summed E-state index contributed by atoms with van der Waals surface area (Å²) >= 11 is 0. The van der Waals surface area contributed by atoms with Crippen LogP contribution in [0, 0.1) is 6.92 Å². The van der Waals surface area contributed by atoms with Gasteiger partial charge < -0.3 is 9.84 Å². The Hall–Kier alpha value is -3.41. The van der Waals surface area contributed by atoms with Crippen molar-refractivity contribution >= 4 is 0 Å². The zero-order chi connectivity index (χ0) is 24.5. The Labute approximate surface area is 208 Å². The lowest BCUT2D eigenvalue weighted by molar-refractivity contribution is 0.0953. The largest absolute Gasteiger partial charge is 0.439 e. The second kappa shape index (κ2) is 12.3. The highest BCUT2D eigenvalue weighted by Gasteiger charge is 2.22. The number of nitrogens with zero attached hydrogens (tertiary/aromatic N) is 3. The molecule has 1 N–H and O–H groups in total. The molecule has 0 saturated heterocycles. The van der Waals surface area contributed by atoms with E-state index in [0.717, 1.165) is 48.5 Å². The number of unbranched alkanes of at least 4 members (excludes halogenated alkanes) is 1. The molecule has 0 spiro atoms. The highest BCUT2D eigenvalue weighted by atomic mass is 16.5. The molecule has 0 aliphatic rings. The molecule has 0 aliphatic heterocycles. The second-order valence-electron chi connectivity index (χ2n) is 8.98. The van der Waals surface area contributed by atoms with Crippen LogP contribution in [0.1, 0.15) is 43.0 Å². The fourth-order valence-electron chi connectivity index (χ4n) is 4.25. The Morgan fingerprint density at radius 3 is 2.17 bits per heavy atom. The molecule has 0 bridgehead atoms. The first-order chi connectivity index (χ1) is 17.1. The third-order valence-corrected chi connectivity index (χ3v) is 6.09. The van der Waals surface area contributed by atoms with Gasteiger partial charge in [-0.05, 0) is 43.2 Å². The van der Waals surface area contributed by atoms with E-state index in [2.05, 4.69) is 36.1 Å². The van der Waals surface area contributed by atoms with Gasteiger partial charge in [-0.3, -0.25) is 4.90 Å². The van der Waals surface area contributed by atoms with E-state index in [1.54, 1.807) is 0 Å². The lowest BCUT2D eigenvalue weighted by Crippen LogP contribution is -2.32.